The topological polar surface area (TPSA) is 78.6 Å². The molecule has 1 aliphatic rings. The second-order valence-electron chi connectivity index (χ2n) is 3.14. The first-order valence-corrected chi connectivity index (χ1v) is 5.20. The van der Waals surface area contributed by atoms with Crippen LogP contribution in [-0.4, -0.2) is 27.2 Å². The van der Waals surface area contributed by atoms with E-state index in [1.807, 2.05) is 0 Å². The van der Waals surface area contributed by atoms with Gasteiger partial charge in [-0.1, -0.05) is 0 Å². The zero-order valence-corrected chi connectivity index (χ0v) is 7.76. The minimum Gasteiger partial charge on any atom is -0.381 e. The Kier molecular flexibility index (Phi) is 2.72. The van der Waals surface area contributed by atoms with E-state index >= 15 is 0 Å². The third kappa shape index (κ3) is 3.06. The van der Waals surface area contributed by atoms with E-state index in [0.717, 1.165) is 0 Å². The SMILES string of the molecule is CC1(OS(N)(=O)=O)CCOCC1. The van der Waals surface area contributed by atoms with Crippen LogP contribution in [0.3, 0.4) is 0 Å². The van der Waals surface area contributed by atoms with E-state index in [4.69, 9.17) is 14.1 Å². The molecule has 0 aromatic heterocycles. The highest BCUT2D eigenvalue weighted by atomic mass is 32.2. The maximum atomic E-state index is 10.6. The van der Waals surface area contributed by atoms with Gasteiger partial charge < -0.3 is 4.74 Å². The van der Waals surface area contributed by atoms with Crippen LogP contribution in [0.4, 0.5) is 0 Å². The normalized spacial score (nSPS) is 23.8. The first kappa shape index (κ1) is 9.91. The van der Waals surface area contributed by atoms with Crippen molar-refractivity contribution in [2.24, 2.45) is 5.14 Å². The second kappa shape index (κ2) is 3.29. The fraction of sp³-hybridized carbons (Fsp3) is 1.00. The molecule has 0 unspecified atom stereocenters. The molecule has 1 heterocycles. The monoisotopic (exact) mass is 195 g/mol. The van der Waals surface area contributed by atoms with E-state index in [1.54, 1.807) is 6.92 Å². The fourth-order valence-corrected chi connectivity index (χ4v) is 1.89. The number of ether oxygens (including phenoxy) is 1. The summed E-state index contributed by atoms with van der Waals surface area (Å²) in [5.41, 5.74) is -0.675. The molecule has 0 bridgehead atoms. The van der Waals surface area contributed by atoms with Crippen molar-refractivity contribution in [1.29, 1.82) is 0 Å². The molecule has 0 saturated carbocycles. The second-order valence-corrected chi connectivity index (χ2v) is 4.29. The van der Waals surface area contributed by atoms with Crippen molar-refractivity contribution in [2.75, 3.05) is 13.2 Å². The molecule has 0 aromatic carbocycles. The third-order valence-electron chi connectivity index (χ3n) is 1.87. The average Bonchev–Trinajstić information content (AvgIpc) is 1.83. The van der Waals surface area contributed by atoms with E-state index in [9.17, 15) is 8.42 Å². The van der Waals surface area contributed by atoms with Crippen molar-refractivity contribution < 1.29 is 17.3 Å². The molecule has 2 N–H and O–H groups in total. The lowest BCUT2D eigenvalue weighted by Gasteiger charge is -2.31. The molecule has 12 heavy (non-hydrogen) atoms. The fourth-order valence-electron chi connectivity index (χ4n) is 1.17. The van der Waals surface area contributed by atoms with Crippen LogP contribution in [0.1, 0.15) is 19.8 Å². The summed E-state index contributed by atoms with van der Waals surface area (Å²) in [5, 5.41) is 4.76. The van der Waals surface area contributed by atoms with Gasteiger partial charge in [-0.25, -0.2) is 5.14 Å². The average molecular weight is 195 g/mol. The third-order valence-corrected chi connectivity index (χ3v) is 2.50. The predicted octanol–water partition coefficient (Wildman–Crippen LogP) is -0.224. The summed E-state index contributed by atoms with van der Waals surface area (Å²) in [6, 6.07) is 0. The number of hydrogen-bond donors (Lipinski definition) is 1. The van der Waals surface area contributed by atoms with Crippen LogP contribution < -0.4 is 5.14 Å². The van der Waals surface area contributed by atoms with Gasteiger partial charge >= 0.3 is 10.3 Å². The van der Waals surface area contributed by atoms with E-state index in [1.165, 1.54) is 0 Å². The Morgan fingerprint density at radius 2 is 1.92 bits per heavy atom. The molecule has 0 atom stereocenters. The van der Waals surface area contributed by atoms with Crippen LogP contribution in [0, 0.1) is 0 Å². The molecule has 0 aliphatic carbocycles. The van der Waals surface area contributed by atoms with Gasteiger partial charge in [-0.05, 0) is 6.92 Å². The van der Waals surface area contributed by atoms with Gasteiger partial charge in [-0.3, -0.25) is 4.18 Å². The Labute approximate surface area is 72.1 Å². The molecule has 1 aliphatic heterocycles. The van der Waals surface area contributed by atoms with Crippen molar-refractivity contribution in [3.8, 4) is 0 Å². The van der Waals surface area contributed by atoms with Crippen molar-refractivity contribution in [1.82, 2.24) is 0 Å². The van der Waals surface area contributed by atoms with E-state index in [-0.39, 0.29) is 0 Å². The van der Waals surface area contributed by atoms with Crippen LogP contribution in [0.25, 0.3) is 0 Å². The summed E-state index contributed by atoms with van der Waals surface area (Å²) in [6.45, 7) is 2.76. The predicted molar refractivity (Wildman–Crippen MR) is 42.7 cm³/mol. The number of nitrogens with two attached hydrogens (primary N) is 1. The molecular formula is C6H13NO4S. The lowest BCUT2D eigenvalue weighted by Crippen LogP contribution is -2.39. The molecule has 1 rings (SSSR count). The number of hydrogen-bond acceptors (Lipinski definition) is 4. The summed E-state index contributed by atoms with van der Waals surface area (Å²) in [7, 11) is -3.84. The zero-order valence-electron chi connectivity index (χ0n) is 6.95. The van der Waals surface area contributed by atoms with Crippen molar-refractivity contribution in [2.45, 2.75) is 25.4 Å². The van der Waals surface area contributed by atoms with Crippen molar-refractivity contribution in [3.05, 3.63) is 0 Å². The van der Waals surface area contributed by atoms with E-state index in [2.05, 4.69) is 0 Å². The quantitative estimate of drug-likeness (QED) is 0.660. The first-order chi connectivity index (χ1) is 5.41. The Morgan fingerprint density at radius 1 is 1.42 bits per heavy atom. The highest BCUT2D eigenvalue weighted by Crippen LogP contribution is 2.25. The van der Waals surface area contributed by atoms with Gasteiger partial charge in [0.05, 0.1) is 5.60 Å². The highest BCUT2D eigenvalue weighted by molar-refractivity contribution is 7.84. The van der Waals surface area contributed by atoms with Crippen molar-refractivity contribution in [3.63, 3.8) is 0 Å². The smallest absolute Gasteiger partial charge is 0.333 e. The molecule has 5 nitrogen and oxygen atoms in total. The highest BCUT2D eigenvalue weighted by Gasteiger charge is 2.32. The molecule has 72 valence electrons. The lowest BCUT2D eigenvalue weighted by atomic mass is 9.98. The maximum Gasteiger partial charge on any atom is 0.333 e. The Morgan fingerprint density at radius 3 is 2.33 bits per heavy atom. The van der Waals surface area contributed by atoms with Gasteiger partial charge in [0.1, 0.15) is 0 Å². The molecule has 6 heteroatoms. The van der Waals surface area contributed by atoms with Crippen LogP contribution in [0.5, 0.6) is 0 Å². The van der Waals surface area contributed by atoms with Crippen LogP contribution >= 0.6 is 0 Å². The maximum absolute atomic E-state index is 10.6. The minimum atomic E-state index is -3.84. The molecule has 0 amide bonds. The Bertz CT molecular complexity index is 242. The molecule has 0 radical (unpaired) electrons. The van der Waals surface area contributed by atoms with Gasteiger partial charge in [-0.2, -0.15) is 8.42 Å². The van der Waals surface area contributed by atoms with Gasteiger partial charge in [0, 0.05) is 26.1 Å². The Hall–Kier alpha value is -0.170. The van der Waals surface area contributed by atoms with Gasteiger partial charge in [0.15, 0.2) is 0 Å². The van der Waals surface area contributed by atoms with Gasteiger partial charge in [0.2, 0.25) is 0 Å². The first-order valence-electron chi connectivity index (χ1n) is 3.72. The van der Waals surface area contributed by atoms with Crippen LogP contribution in [-0.2, 0) is 19.2 Å². The van der Waals surface area contributed by atoms with Crippen molar-refractivity contribution >= 4 is 10.3 Å². The Balaban J connectivity index is 2.59. The molecule has 0 aromatic rings. The van der Waals surface area contributed by atoms with E-state index < -0.39 is 15.9 Å². The summed E-state index contributed by atoms with van der Waals surface area (Å²) in [6.07, 6.45) is 1.12. The molecular weight excluding hydrogens is 182 g/mol. The summed E-state index contributed by atoms with van der Waals surface area (Å²) in [5.74, 6) is 0. The van der Waals surface area contributed by atoms with E-state index in [0.29, 0.717) is 26.1 Å². The molecule has 1 fully saturated rings. The van der Waals surface area contributed by atoms with Gasteiger partial charge in [0.25, 0.3) is 0 Å². The summed E-state index contributed by atoms with van der Waals surface area (Å²) >= 11 is 0. The van der Waals surface area contributed by atoms with Crippen LogP contribution in [0.15, 0.2) is 0 Å². The lowest BCUT2D eigenvalue weighted by molar-refractivity contribution is -0.0305. The minimum absolute atomic E-state index is 0.520. The largest absolute Gasteiger partial charge is 0.381 e. The zero-order chi connectivity index (χ0) is 9.24. The summed E-state index contributed by atoms with van der Waals surface area (Å²) < 4.78 is 31.0. The number of rotatable bonds is 2. The molecule has 1 saturated heterocycles. The summed E-state index contributed by atoms with van der Waals surface area (Å²) in [4.78, 5) is 0. The van der Waals surface area contributed by atoms with Gasteiger partial charge in [-0.15, -0.1) is 0 Å². The molecule has 0 spiro atoms. The standard InChI is InChI=1S/C6H13NO4S/c1-6(11-12(7,8)9)2-4-10-5-3-6/h2-5H2,1H3,(H2,7,8,9). The van der Waals surface area contributed by atoms with Crippen LogP contribution in [0.2, 0.25) is 0 Å².